The lowest BCUT2D eigenvalue weighted by Crippen LogP contribution is -2.08. The van der Waals surface area contributed by atoms with Crippen LogP contribution in [0.25, 0.3) is 0 Å². The minimum Gasteiger partial charge on any atom is -0.388 e. The average molecular weight is 237 g/mol. The number of benzene rings is 1. The van der Waals surface area contributed by atoms with Crippen molar-refractivity contribution in [2.24, 2.45) is 5.92 Å². The third kappa shape index (κ3) is 2.19. The number of aliphatic hydroxyl groups is 1. The van der Waals surface area contributed by atoms with Gasteiger partial charge in [0.15, 0.2) is 0 Å². The molecular weight excluding hydrogens is 226 g/mol. The van der Waals surface area contributed by atoms with E-state index in [1.54, 1.807) is 13.8 Å². The summed E-state index contributed by atoms with van der Waals surface area (Å²) in [6.45, 7) is 3.56. The molecule has 1 nitrogen and oxygen atoms in total. The average Bonchev–Trinajstić information content (AvgIpc) is 2.12. The van der Waals surface area contributed by atoms with Gasteiger partial charge in [0.1, 0.15) is 5.82 Å². The molecule has 14 heavy (non-hydrogen) atoms. The zero-order valence-corrected chi connectivity index (χ0v) is 9.40. The lowest BCUT2D eigenvalue weighted by molar-refractivity contribution is 0.123. The molecule has 4 heteroatoms. The summed E-state index contributed by atoms with van der Waals surface area (Å²) >= 11 is 11.4. The van der Waals surface area contributed by atoms with E-state index in [0.29, 0.717) is 0 Å². The van der Waals surface area contributed by atoms with Gasteiger partial charge in [0.2, 0.25) is 0 Å². The topological polar surface area (TPSA) is 20.2 Å². The van der Waals surface area contributed by atoms with Crippen molar-refractivity contribution in [1.29, 1.82) is 0 Å². The van der Waals surface area contributed by atoms with Crippen molar-refractivity contribution in [2.75, 3.05) is 0 Å². The zero-order chi connectivity index (χ0) is 10.9. The monoisotopic (exact) mass is 236 g/mol. The molecule has 0 amide bonds. The van der Waals surface area contributed by atoms with Crippen LogP contribution in [-0.2, 0) is 0 Å². The smallest absolute Gasteiger partial charge is 0.149 e. The van der Waals surface area contributed by atoms with Gasteiger partial charge in [-0.3, -0.25) is 0 Å². The number of aliphatic hydroxyl groups excluding tert-OH is 1. The first-order chi connectivity index (χ1) is 6.45. The molecule has 1 aromatic rings. The molecule has 0 saturated heterocycles. The van der Waals surface area contributed by atoms with Crippen molar-refractivity contribution in [2.45, 2.75) is 20.0 Å². The molecule has 0 aromatic heterocycles. The van der Waals surface area contributed by atoms with Gasteiger partial charge in [0, 0.05) is 10.6 Å². The van der Waals surface area contributed by atoms with Crippen LogP contribution in [0, 0.1) is 11.7 Å². The van der Waals surface area contributed by atoms with E-state index in [1.807, 2.05) is 0 Å². The summed E-state index contributed by atoms with van der Waals surface area (Å²) in [5.41, 5.74) is 0.0779. The SMILES string of the molecule is CC(C)C(O)c1c(Cl)ccc(Cl)c1F. The fourth-order valence-corrected chi connectivity index (χ4v) is 1.57. The fourth-order valence-electron chi connectivity index (χ4n) is 1.15. The van der Waals surface area contributed by atoms with E-state index >= 15 is 0 Å². The molecule has 0 aliphatic rings. The van der Waals surface area contributed by atoms with Crippen LogP contribution in [0.5, 0.6) is 0 Å². The van der Waals surface area contributed by atoms with Crippen LogP contribution in [0.15, 0.2) is 12.1 Å². The molecule has 0 radical (unpaired) electrons. The summed E-state index contributed by atoms with van der Waals surface area (Å²) in [4.78, 5) is 0. The molecule has 78 valence electrons. The molecule has 0 aliphatic carbocycles. The van der Waals surface area contributed by atoms with Crippen LogP contribution in [0.4, 0.5) is 4.39 Å². The molecular formula is C10H11Cl2FO. The summed E-state index contributed by atoms with van der Waals surface area (Å²) in [6.07, 6.45) is -0.929. The molecule has 1 rings (SSSR count). The highest BCUT2D eigenvalue weighted by Crippen LogP contribution is 2.33. The third-order valence-electron chi connectivity index (χ3n) is 2.01. The van der Waals surface area contributed by atoms with Gasteiger partial charge in [-0.15, -0.1) is 0 Å². The number of hydrogen-bond acceptors (Lipinski definition) is 1. The second kappa shape index (κ2) is 4.47. The normalized spacial score (nSPS) is 13.4. The van der Waals surface area contributed by atoms with E-state index in [4.69, 9.17) is 23.2 Å². The first-order valence-corrected chi connectivity index (χ1v) is 5.02. The number of halogens is 3. The molecule has 0 saturated carbocycles. The predicted octanol–water partition coefficient (Wildman–Crippen LogP) is 3.82. The van der Waals surface area contributed by atoms with E-state index in [1.165, 1.54) is 12.1 Å². The van der Waals surface area contributed by atoms with E-state index in [-0.39, 0.29) is 21.5 Å². The summed E-state index contributed by atoms with van der Waals surface area (Å²) in [6, 6.07) is 2.85. The van der Waals surface area contributed by atoms with Gasteiger partial charge < -0.3 is 5.11 Å². The minimum atomic E-state index is -0.929. The van der Waals surface area contributed by atoms with Crippen molar-refractivity contribution >= 4 is 23.2 Å². The van der Waals surface area contributed by atoms with Crippen LogP contribution in [-0.4, -0.2) is 5.11 Å². The second-order valence-electron chi connectivity index (χ2n) is 3.45. The molecule has 0 heterocycles. The van der Waals surface area contributed by atoms with Gasteiger partial charge in [0.25, 0.3) is 0 Å². The largest absolute Gasteiger partial charge is 0.388 e. The lowest BCUT2D eigenvalue weighted by atomic mass is 9.99. The highest BCUT2D eigenvalue weighted by atomic mass is 35.5. The van der Waals surface area contributed by atoms with E-state index < -0.39 is 11.9 Å². The minimum absolute atomic E-state index is 0.0240. The maximum atomic E-state index is 13.5. The van der Waals surface area contributed by atoms with Gasteiger partial charge in [-0.1, -0.05) is 37.0 Å². The highest BCUT2D eigenvalue weighted by molar-refractivity contribution is 6.33. The number of hydrogen-bond donors (Lipinski definition) is 1. The first kappa shape index (κ1) is 11.8. The lowest BCUT2D eigenvalue weighted by Gasteiger charge is -2.17. The second-order valence-corrected chi connectivity index (χ2v) is 4.26. The Balaban J connectivity index is 3.25. The van der Waals surface area contributed by atoms with Crippen LogP contribution in [0.1, 0.15) is 25.5 Å². The Hall–Kier alpha value is -0.310. The molecule has 1 atom stereocenters. The fraction of sp³-hybridized carbons (Fsp3) is 0.400. The van der Waals surface area contributed by atoms with Crippen molar-refractivity contribution < 1.29 is 9.50 Å². The highest BCUT2D eigenvalue weighted by Gasteiger charge is 2.21. The van der Waals surface area contributed by atoms with Crippen LogP contribution in [0.3, 0.4) is 0 Å². The molecule has 0 bridgehead atoms. The Kier molecular flexibility index (Phi) is 3.76. The van der Waals surface area contributed by atoms with Gasteiger partial charge in [0.05, 0.1) is 11.1 Å². The van der Waals surface area contributed by atoms with Gasteiger partial charge in [-0.05, 0) is 18.1 Å². The molecule has 1 N–H and O–H groups in total. The quantitative estimate of drug-likeness (QED) is 0.775. The Labute approximate surface area is 92.5 Å². The van der Waals surface area contributed by atoms with E-state index in [2.05, 4.69) is 0 Å². The Morgan fingerprint density at radius 2 is 1.71 bits per heavy atom. The van der Waals surface area contributed by atoms with Gasteiger partial charge in [-0.25, -0.2) is 4.39 Å². The van der Waals surface area contributed by atoms with E-state index in [9.17, 15) is 9.50 Å². The number of rotatable bonds is 2. The van der Waals surface area contributed by atoms with Gasteiger partial charge in [-0.2, -0.15) is 0 Å². The molecule has 0 fully saturated rings. The maximum absolute atomic E-state index is 13.5. The summed E-state index contributed by atoms with van der Waals surface area (Å²) in [5, 5.41) is 9.88. The summed E-state index contributed by atoms with van der Waals surface area (Å²) in [5.74, 6) is -0.749. The molecule has 1 unspecified atom stereocenters. The van der Waals surface area contributed by atoms with Crippen molar-refractivity contribution in [3.05, 3.63) is 33.6 Å². The van der Waals surface area contributed by atoms with Crippen LogP contribution in [0.2, 0.25) is 10.0 Å². The zero-order valence-electron chi connectivity index (χ0n) is 7.89. The van der Waals surface area contributed by atoms with Gasteiger partial charge >= 0.3 is 0 Å². The summed E-state index contributed by atoms with van der Waals surface area (Å²) < 4.78 is 13.5. The third-order valence-corrected chi connectivity index (χ3v) is 2.63. The Morgan fingerprint density at radius 3 is 2.21 bits per heavy atom. The molecule has 1 aromatic carbocycles. The Morgan fingerprint density at radius 1 is 1.21 bits per heavy atom. The predicted molar refractivity (Wildman–Crippen MR) is 56.2 cm³/mol. The molecule has 0 aliphatic heterocycles. The van der Waals surface area contributed by atoms with Crippen LogP contribution < -0.4 is 0 Å². The first-order valence-electron chi connectivity index (χ1n) is 4.26. The standard InChI is InChI=1S/C10H11Cl2FO/c1-5(2)10(14)8-6(11)3-4-7(12)9(8)13/h3-5,10,14H,1-2H3. The van der Waals surface area contributed by atoms with Crippen LogP contribution >= 0.6 is 23.2 Å². The van der Waals surface area contributed by atoms with E-state index in [0.717, 1.165) is 0 Å². The Bertz CT molecular complexity index is 339. The summed E-state index contributed by atoms with van der Waals surface area (Å²) in [7, 11) is 0. The van der Waals surface area contributed by atoms with Crippen molar-refractivity contribution in [1.82, 2.24) is 0 Å². The van der Waals surface area contributed by atoms with Crippen molar-refractivity contribution in [3.8, 4) is 0 Å². The van der Waals surface area contributed by atoms with Crippen molar-refractivity contribution in [3.63, 3.8) is 0 Å². The molecule has 0 spiro atoms. The maximum Gasteiger partial charge on any atom is 0.149 e.